The highest BCUT2D eigenvalue weighted by Gasteiger charge is 2.22. The van der Waals surface area contributed by atoms with Crippen molar-refractivity contribution in [3.8, 4) is 22.8 Å². The van der Waals surface area contributed by atoms with Gasteiger partial charge < -0.3 is 4.57 Å². The van der Waals surface area contributed by atoms with Gasteiger partial charge in [0.15, 0.2) is 0 Å². The van der Waals surface area contributed by atoms with Crippen LogP contribution >= 0.6 is 0 Å². The molecule has 0 bridgehead atoms. The number of nitrogens with zero attached hydrogens (tertiary/aromatic N) is 3. The van der Waals surface area contributed by atoms with Crippen molar-refractivity contribution in [1.29, 1.82) is 0 Å². The summed E-state index contributed by atoms with van der Waals surface area (Å²) in [5.74, 6) is 0.942. The van der Waals surface area contributed by atoms with E-state index in [9.17, 15) is 0 Å². The van der Waals surface area contributed by atoms with Gasteiger partial charge in [-0.05, 0) is 64.0 Å². The standard InChI is InChI=1S/C43H27N3/c1-4-14-28(15-5-1)43-44-42-38(46(43)30-18-8-3-9-19-30)27-24-33-31-20-10-11-21-32(31)39-35(40(33)42)25-26-37-41(39)34-22-12-13-23-36(34)45(37)29-16-6-2-7-17-29/h1-27H. The largest absolute Gasteiger partial charge is 0.309 e. The molecular formula is C43H27N3. The van der Waals surface area contributed by atoms with E-state index < -0.39 is 0 Å². The first kappa shape index (κ1) is 25.2. The van der Waals surface area contributed by atoms with Gasteiger partial charge in [0, 0.05) is 38.5 Å². The van der Waals surface area contributed by atoms with E-state index in [2.05, 4.69) is 173 Å². The molecule has 10 rings (SSSR count). The van der Waals surface area contributed by atoms with Gasteiger partial charge in [-0.3, -0.25) is 4.57 Å². The van der Waals surface area contributed by atoms with E-state index in [0.717, 1.165) is 33.8 Å². The Morgan fingerprint density at radius 2 is 0.870 bits per heavy atom. The summed E-state index contributed by atoms with van der Waals surface area (Å²) in [5.41, 5.74) is 7.88. The highest BCUT2D eigenvalue weighted by atomic mass is 15.1. The van der Waals surface area contributed by atoms with Crippen molar-refractivity contribution < 1.29 is 0 Å². The van der Waals surface area contributed by atoms with Gasteiger partial charge in [0.1, 0.15) is 5.82 Å². The molecule has 3 heteroatoms. The highest BCUT2D eigenvalue weighted by Crippen LogP contribution is 2.45. The van der Waals surface area contributed by atoms with Gasteiger partial charge in [-0.2, -0.15) is 0 Å². The predicted octanol–water partition coefficient (Wildman–Crippen LogP) is 11.2. The van der Waals surface area contributed by atoms with E-state index in [1.807, 2.05) is 0 Å². The number of benzene rings is 8. The molecule has 2 heterocycles. The van der Waals surface area contributed by atoms with Gasteiger partial charge >= 0.3 is 0 Å². The maximum atomic E-state index is 5.50. The summed E-state index contributed by atoms with van der Waals surface area (Å²) in [6, 6.07) is 58.7. The number of imidazole rings is 1. The summed E-state index contributed by atoms with van der Waals surface area (Å²) in [7, 11) is 0. The minimum atomic E-state index is 0.942. The zero-order chi connectivity index (χ0) is 30.2. The average Bonchev–Trinajstić information content (AvgIpc) is 3.69. The summed E-state index contributed by atoms with van der Waals surface area (Å²) >= 11 is 0. The van der Waals surface area contributed by atoms with Crippen molar-refractivity contribution in [1.82, 2.24) is 14.1 Å². The Morgan fingerprint density at radius 1 is 0.326 bits per heavy atom. The second-order valence-electron chi connectivity index (χ2n) is 11.9. The molecule has 0 saturated heterocycles. The first-order valence-electron chi connectivity index (χ1n) is 15.7. The Labute approximate surface area is 265 Å². The van der Waals surface area contributed by atoms with Crippen LogP contribution < -0.4 is 0 Å². The molecule has 0 radical (unpaired) electrons. The van der Waals surface area contributed by atoms with Crippen molar-refractivity contribution >= 4 is 65.2 Å². The zero-order valence-electron chi connectivity index (χ0n) is 24.9. The summed E-state index contributed by atoms with van der Waals surface area (Å²) in [5, 5.41) is 9.94. The van der Waals surface area contributed by atoms with Crippen molar-refractivity contribution in [3.05, 3.63) is 164 Å². The molecule has 3 nitrogen and oxygen atoms in total. The van der Waals surface area contributed by atoms with Gasteiger partial charge in [0.25, 0.3) is 0 Å². The molecule has 0 spiro atoms. The Kier molecular flexibility index (Phi) is 5.28. The molecule has 8 aromatic carbocycles. The van der Waals surface area contributed by atoms with Crippen LogP contribution in [0.5, 0.6) is 0 Å². The molecule has 0 N–H and O–H groups in total. The number of aromatic nitrogens is 3. The van der Waals surface area contributed by atoms with E-state index in [4.69, 9.17) is 4.98 Å². The summed E-state index contributed by atoms with van der Waals surface area (Å²) in [6.07, 6.45) is 0. The molecule has 0 unspecified atom stereocenters. The van der Waals surface area contributed by atoms with Crippen molar-refractivity contribution in [2.75, 3.05) is 0 Å². The molecule has 0 aliphatic rings. The minimum absolute atomic E-state index is 0.942. The Hall–Kier alpha value is -6.19. The molecule has 0 aliphatic carbocycles. The van der Waals surface area contributed by atoms with Crippen LogP contribution in [0.1, 0.15) is 0 Å². The van der Waals surface area contributed by atoms with Crippen molar-refractivity contribution in [3.63, 3.8) is 0 Å². The lowest BCUT2D eigenvalue weighted by Gasteiger charge is -2.14. The summed E-state index contributed by atoms with van der Waals surface area (Å²) in [6.45, 7) is 0. The zero-order valence-corrected chi connectivity index (χ0v) is 24.9. The number of hydrogen-bond acceptors (Lipinski definition) is 1. The third-order valence-electron chi connectivity index (χ3n) is 9.48. The van der Waals surface area contributed by atoms with Crippen LogP contribution in [-0.4, -0.2) is 14.1 Å². The molecule has 0 amide bonds. The fourth-order valence-corrected chi connectivity index (χ4v) is 7.60. The molecule has 0 saturated carbocycles. The van der Waals surface area contributed by atoms with E-state index in [1.165, 1.54) is 54.1 Å². The van der Waals surface area contributed by atoms with Crippen LogP contribution in [0.3, 0.4) is 0 Å². The lowest BCUT2D eigenvalue weighted by Crippen LogP contribution is -1.97. The van der Waals surface area contributed by atoms with Crippen molar-refractivity contribution in [2.24, 2.45) is 0 Å². The summed E-state index contributed by atoms with van der Waals surface area (Å²) in [4.78, 5) is 5.50. The predicted molar refractivity (Wildman–Crippen MR) is 193 cm³/mol. The van der Waals surface area contributed by atoms with Gasteiger partial charge in [0.2, 0.25) is 0 Å². The molecule has 0 atom stereocenters. The third-order valence-corrected chi connectivity index (χ3v) is 9.48. The average molecular weight is 586 g/mol. The second-order valence-corrected chi connectivity index (χ2v) is 11.9. The van der Waals surface area contributed by atoms with E-state index in [-0.39, 0.29) is 0 Å². The quantitative estimate of drug-likeness (QED) is 0.189. The first-order chi connectivity index (χ1) is 22.9. The number of rotatable bonds is 3. The van der Waals surface area contributed by atoms with Crippen LogP contribution in [0, 0.1) is 0 Å². The molecule has 2 aromatic heterocycles. The van der Waals surface area contributed by atoms with Gasteiger partial charge in [-0.1, -0.05) is 121 Å². The maximum Gasteiger partial charge on any atom is 0.145 e. The molecule has 0 aliphatic heterocycles. The normalized spacial score (nSPS) is 11.9. The number of fused-ring (bicyclic) bond motifs is 12. The van der Waals surface area contributed by atoms with Crippen LogP contribution in [0.25, 0.3) is 87.9 Å². The SMILES string of the molecule is c1ccc(-c2nc3c4c(ccc3n2-c2ccccc2)c2ccccc2c2c4ccc3c2c2ccccc2n3-c2ccccc2)cc1. The highest BCUT2D eigenvalue weighted by molar-refractivity contribution is 6.38. The van der Waals surface area contributed by atoms with Crippen molar-refractivity contribution in [2.45, 2.75) is 0 Å². The molecule has 214 valence electrons. The minimum Gasteiger partial charge on any atom is -0.309 e. The first-order valence-corrected chi connectivity index (χ1v) is 15.7. The lowest BCUT2D eigenvalue weighted by atomic mass is 9.91. The Morgan fingerprint density at radius 3 is 1.61 bits per heavy atom. The molecule has 10 aromatic rings. The van der Waals surface area contributed by atoms with Crippen LogP contribution in [-0.2, 0) is 0 Å². The van der Waals surface area contributed by atoms with Crippen LogP contribution in [0.4, 0.5) is 0 Å². The van der Waals surface area contributed by atoms with Gasteiger partial charge in [-0.25, -0.2) is 4.98 Å². The van der Waals surface area contributed by atoms with E-state index >= 15 is 0 Å². The van der Waals surface area contributed by atoms with Gasteiger partial charge in [-0.15, -0.1) is 0 Å². The lowest BCUT2D eigenvalue weighted by molar-refractivity contribution is 1.10. The van der Waals surface area contributed by atoms with Gasteiger partial charge in [0.05, 0.1) is 22.1 Å². The van der Waals surface area contributed by atoms with Crippen LogP contribution in [0.15, 0.2) is 164 Å². The fourth-order valence-electron chi connectivity index (χ4n) is 7.60. The fraction of sp³-hybridized carbons (Fsp3) is 0. The van der Waals surface area contributed by atoms with E-state index in [1.54, 1.807) is 0 Å². The molecular weight excluding hydrogens is 558 g/mol. The third kappa shape index (κ3) is 3.45. The molecule has 0 fully saturated rings. The monoisotopic (exact) mass is 585 g/mol. The summed E-state index contributed by atoms with van der Waals surface area (Å²) < 4.78 is 4.71. The smallest absolute Gasteiger partial charge is 0.145 e. The van der Waals surface area contributed by atoms with Crippen LogP contribution in [0.2, 0.25) is 0 Å². The Bertz CT molecular complexity index is 2770. The number of para-hydroxylation sites is 3. The number of hydrogen-bond donors (Lipinski definition) is 0. The van der Waals surface area contributed by atoms with E-state index in [0.29, 0.717) is 0 Å². The topological polar surface area (TPSA) is 22.8 Å². The Balaban J connectivity index is 1.44. The second kappa shape index (κ2) is 9.65. The maximum absolute atomic E-state index is 5.50. The molecule has 46 heavy (non-hydrogen) atoms.